The first-order chi connectivity index (χ1) is 14.1. The molecule has 2 heterocycles. The highest BCUT2D eigenvalue weighted by molar-refractivity contribution is 7.13. The molecule has 146 valence electrons. The minimum Gasteiger partial charge on any atom is -0.502 e. The first-order valence-electron chi connectivity index (χ1n) is 9.06. The van der Waals surface area contributed by atoms with Gasteiger partial charge in [-0.25, -0.2) is 9.78 Å². The number of nitrogens with zero attached hydrogens (tertiary/aromatic N) is 2. The van der Waals surface area contributed by atoms with Crippen molar-refractivity contribution < 1.29 is 14.3 Å². The normalized spacial score (nSPS) is 11.6. The number of ether oxygens (including phenoxy) is 2. The molecule has 0 radical (unpaired) electrons. The third kappa shape index (κ3) is 3.67. The highest BCUT2D eigenvalue weighted by Gasteiger charge is 2.16. The van der Waals surface area contributed by atoms with E-state index in [9.17, 15) is 4.79 Å². The second kappa shape index (κ2) is 7.93. The smallest absolute Gasteiger partial charge is 0.358 e. The second-order valence-corrected chi connectivity index (χ2v) is 7.45. The van der Waals surface area contributed by atoms with Gasteiger partial charge in [0.05, 0.1) is 25.4 Å². The quantitative estimate of drug-likeness (QED) is 0.255. The number of hydrogen-bond donors (Lipinski definition) is 0. The number of hydrogen-bond acceptors (Lipinski definition) is 5. The molecule has 0 saturated carbocycles. The number of carbonyl (C=O) groups excluding carboxylic acids is 1. The van der Waals surface area contributed by atoms with E-state index in [0.717, 1.165) is 32.7 Å². The Morgan fingerprint density at radius 3 is 2.55 bits per heavy atom. The maximum absolute atomic E-state index is 12.2. The van der Waals surface area contributed by atoms with E-state index in [1.54, 1.807) is 15.9 Å². The Bertz CT molecular complexity index is 1200. The Morgan fingerprint density at radius 1 is 1.07 bits per heavy atom. The van der Waals surface area contributed by atoms with Gasteiger partial charge in [0.1, 0.15) is 11.3 Å². The van der Waals surface area contributed by atoms with Crippen LogP contribution in [0, 0.1) is 6.92 Å². The first-order valence-corrected chi connectivity index (χ1v) is 9.94. The minimum absolute atomic E-state index is 0.306. The highest BCUT2D eigenvalue weighted by Crippen LogP contribution is 2.31. The third-order valence-corrected chi connectivity index (χ3v) is 5.57. The summed E-state index contributed by atoms with van der Waals surface area (Å²) in [5.74, 6) is -0.468. The van der Waals surface area contributed by atoms with Crippen molar-refractivity contribution in [3.8, 4) is 21.8 Å². The van der Waals surface area contributed by atoms with E-state index in [2.05, 4.69) is 36.6 Å². The number of fused-ring (bicyclic) bond motifs is 1. The van der Waals surface area contributed by atoms with E-state index < -0.39 is 5.97 Å². The van der Waals surface area contributed by atoms with Gasteiger partial charge in [-0.15, -0.1) is 11.3 Å². The average molecular weight is 404 g/mol. The van der Waals surface area contributed by atoms with Crippen LogP contribution in [0.5, 0.6) is 0 Å². The molecule has 4 rings (SSSR count). The Kier molecular flexibility index (Phi) is 5.18. The molecule has 0 bridgehead atoms. The topological polar surface area (TPSA) is 53.4 Å². The second-order valence-electron chi connectivity index (χ2n) is 6.59. The molecule has 0 saturated heterocycles. The van der Waals surface area contributed by atoms with Gasteiger partial charge in [-0.05, 0) is 24.4 Å². The molecular formula is C23H20N2O3S. The molecule has 0 spiro atoms. The van der Waals surface area contributed by atoms with Gasteiger partial charge >= 0.3 is 5.97 Å². The maximum Gasteiger partial charge on any atom is 0.358 e. The Labute approximate surface area is 172 Å². The number of carbonyl (C=O) groups is 1. The SMILES string of the molecule is COC=C(C(=O)OC)n1ccc2ccc(-c3csc(-c4ccc(C)cc4)n3)cc21. The van der Waals surface area contributed by atoms with Crippen LogP contribution in [0.15, 0.2) is 66.4 Å². The number of benzene rings is 2. The molecule has 0 amide bonds. The molecule has 6 heteroatoms. The van der Waals surface area contributed by atoms with Crippen molar-refractivity contribution in [3.05, 3.63) is 71.9 Å². The van der Waals surface area contributed by atoms with E-state index in [4.69, 9.17) is 14.5 Å². The van der Waals surface area contributed by atoms with E-state index in [0.29, 0.717) is 5.70 Å². The summed E-state index contributed by atoms with van der Waals surface area (Å²) in [6.07, 6.45) is 3.21. The zero-order chi connectivity index (χ0) is 20.4. The highest BCUT2D eigenvalue weighted by atomic mass is 32.1. The fraction of sp³-hybridized carbons (Fsp3) is 0.130. The Morgan fingerprint density at radius 2 is 1.83 bits per heavy atom. The summed E-state index contributed by atoms with van der Waals surface area (Å²) in [4.78, 5) is 17.0. The van der Waals surface area contributed by atoms with E-state index in [-0.39, 0.29) is 0 Å². The van der Waals surface area contributed by atoms with Crippen LogP contribution in [0.25, 0.3) is 38.4 Å². The van der Waals surface area contributed by atoms with E-state index >= 15 is 0 Å². The molecule has 29 heavy (non-hydrogen) atoms. The summed E-state index contributed by atoms with van der Waals surface area (Å²) in [5.41, 5.74) is 5.39. The van der Waals surface area contributed by atoms with Gasteiger partial charge in [0, 0.05) is 22.7 Å². The van der Waals surface area contributed by atoms with Crippen molar-refractivity contribution in [1.29, 1.82) is 0 Å². The molecule has 0 N–H and O–H groups in total. The molecule has 0 unspecified atom stereocenters. The lowest BCUT2D eigenvalue weighted by Gasteiger charge is -2.09. The Balaban J connectivity index is 1.75. The summed E-state index contributed by atoms with van der Waals surface area (Å²) in [7, 11) is 2.85. The molecule has 0 aliphatic heterocycles. The predicted molar refractivity (Wildman–Crippen MR) is 117 cm³/mol. The van der Waals surface area contributed by atoms with Crippen molar-refractivity contribution in [2.24, 2.45) is 0 Å². The van der Waals surface area contributed by atoms with Crippen LogP contribution >= 0.6 is 11.3 Å². The maximum atomic E-state index is 12.2. The Hall–Kier alpha value is -3.38. The lowest BCUT2D eigenvalue weighted by molar-refractivity contribution is -0.134. The van der Waals surface area contributed by atoms with Crippen LogP contribution in [0.3, 0.4) is 0 Å². The van der Waals surface area contributed by atoms with Crippen LogP contribution in [0.1, 0.15) is 5.56 Å². The van der Waals surface area contributed by atoms with Crippen molar-refractivity contribution in [3.63, 3.8) is 0 Å². The average Bonchev–Trinajstić information content (AvgIpc) is 3.39. The number of esters is 1. The lowest BCUT2D eigenvalue weighted by atomic mass is 10.1. The molecule has 0 atom stereocenters. The summed E-state index contributed by atoms with van der Waals surface area (Å²) >= 11 is 1.61. The molecule has 2 aromatic heterocycles. The molecule has 2 aromatic carbocycles. The van der Waals surface area contributed by atoms with Crippen molar-refractivity contribution in [2.45, 2.75) is 6.92 Å². The lowest BCUT2D eigenvalue weighted by Crippen LogP contribution is -2.10. The molecule has 0 fully saturated rings. The van der Waals surface area contributed by atoms with Crippen molar-refractivity contribution in [2.75, 3.05) is 14.2 Å². The summed E-state index contributed by atoms with van der Waals surface area (Å²) < 4.78 is 11.7. The predicted octanol–water partition coefficient (Wildman–Crippen LogP) is 5.36. The van der Waals surface area contributed by atoms with Crippen molar-refractivity contribution in [1.82, 2.24) is 9.55 Å². The van der Waals surface area contributed by atoms with E-state index in [1.807, 2.05) is 30.5 Å². The van der Waals surface area contributed by atoms with Gasteiger partial charge < -0.3 is 14.0 Å². The molecule has 0 aliphatic rings. The van der Waals surface area contributed by atoms with Gasteiger partial charge in [-0.3, -0.25) is 0 Å². The monoisotopic (exact) mass is 404 g/mol. The molecular weight excluding hydrogens is 384 g/mol. The van der Waals surface area contributed by atoms with Gasteiger partial charge in [-0.2, -0.15) is 0 Å². The molecule has 4 aromatic rings. The van der Waals surface area contributed by atoms with Crippen molar-refractivity contribution >= 4 is 33.9 Å². The first kappa shape index (κ1) is 19.0. The zero-order valence-corrected chi connectivity index (χ0v) is 17.2. The van der Waals surface area contributed by atoms with Crippen LogP contribution in [0.2, 0.25) is 0 Å². The van der Waals surface area contributed by atoms with Crippen LogP contribution in [0.4, 0.5) is 0 Å². The number of aryl methyl sites for hydroxylation is 1. The third-order valence-electron chi connectivity index (χ3n) is 4.68. The van der Waals surface area contributed by atoms with Crippen LogP contribution < -0.4 is 0 Å². The fourth-order valence-corrected chi connectivity index (χ4v) is 3.99. The zero-order valence-electron chi connectivity index (χ0n) is 16.4. The fourth-order valence-electron chi connectivity index (χ4n) is 3.15. The van der Waals surface area contributed by atoms with Crippen LogP contribution in [-0.4, -0.2) is 29.7 Å². The van der Waals surface area contributed by atoms with Gasteiger partial charge in [-0.1, -0.05) is 42.0 Å². The number of thiazole rings is 1. The van der Waals surface area contributed by atoms with Crippen LogP contribution in [-0.2, 0) is 14.3 Å². The van der Waals surface area contributed by atoms with Gasteiger partial charge in [0.2, 0.25) is 0 Å². The number of methoxy groups -OCH3 is 2. The standard InChI is InChI=1S/C23H20N2O3S/c1-15-4-6-17(7-5-15)22-24-19(14-29-22)18-9-8-16-10-11-25(20(16)12-18)21(13-27-2)23(26)28-3/h4-14H,1-3H3. The largest absolute Gasteiger partial charge is 0.502 e. The number of rotatable bonds is 5. The summed E-state index contributed by atoms with van der Waals surface area (Å²) in [6.45, 7) is 2.07. The molecule has 0 aliphatic carbocycles. The molecule has 5 nitrogen and oxygen atoms in total. The summed E-state index contributed by atoms with van der Waals surface area (Å²) in [6, 6.07) is 16.4. The summed E-state index contributed by atoms with van der Waals surface area (Å²) in [5, 5.41) is 4.04. The van der Waals surface area contributed by atoms with E-state index in [1.165, 1.54) is 26.0 Å². The van der Waals surface area contributed by atoms with Gasteiger partial charge in [0.15, 0.2) is 5.70 Å². The minimum atomic E-state index is -0.468. The number of aromatic nitrogens is 2. The van der Waals surface area contributed by atoms with Gasteiger partial charge in [0.25, 0.3) is 0 Å².